The molecule has 0 radical (unpaired) electrons. The molecule has 3 amide bonds. The van der Waals surface area contributed by atoms with Crippen LogP contribution >= 0.6 is 0 Å². The topological polar surface area (TPSA) is 90.9 Å². The van der Waals surface area contributed by atoms with Crippen LogP contribution < -0.4 is 20.3 Å². The van der Waals surface area contributed by atoms with E-state index >= 15 is 0 Å². The SMILES string of the molecule is CCN1C(=O)COc2cc(NC(=O)N[C@@H](C)[C@H](O)c3ccccc3)ccc21. The fourth-order valence-corrected chi connectivity index (χ4v) is 3.02. The number of aliphatic hydroxyl groups excluding tert-OH is 1. The highest BCUT2D eigenvalue weighted by molar-refractivity contribution is 5.98. The van der Waals surface area contributed by atoms with Gasteiger partial charge in [-0.25, -0.2) is 4.79 Å². The van der Waals surface area contributed by atoms with E-state index in [4.69, 9.17) is 4.74 Å². The molecule has 1 heterocycles. The van der Waals surface area contributed by atoms with Gasteiger partial charge < -0.3 is 25.4 Å². The summed E-state index contributed by atoms with van der Waals surface area (Å²) in [6.45, 7) is 4.16. The van der Waals surface area contributed by atoms with Gasteiger partial charge in [-0.05, 0) is 31.5 Å². The average molecular weight is 369 g/mol. The van der Waals surface area contributed by atoms with Crippen molar-refractivity contribution in [2.24, 2.45) is 0 Å². The van der Waals surface area contributed by atoms with E-state index < -0.39 is 18.2 Å². The number of rotatable bonds is 5. The highest BCUT2D eigenvalue weighted by atomic mass is 16.5. The molecule has 0 saturated heterocycles. The van der Waals surface area contributed by atoms with E-state index in [9.17, 15) is 14.7 Å². The number of hydrogen-bond acceptors (Lipinski definition) is 4. The Balaban J connectivity index is 1.64. The predicted octanol–water partition coefficient (Wildman–Crippen LogP) is 2.68. The summed E-state index contributed by atoms with van der Waals surface area (Å²) in [5, 5.41) is 15.8. The first-order valence-corrected chi connectivity index (χ1v) is 8.87. The van der Waals surface area contributed by atoms with Crippen LogP contribution in [-0.4, -0.2) is 36.2 Å². The second kappa shape index (κ2) is 8.09. The Hall–Kier alpha value is -3.06. The molecule has 0 saturated carbocycles. The zero-order chi connectivity index (χ0) is 19.4. The quantitative estimate of drug-likeness (QED) is 0.756. The van der Waals surface area contributed by atoms with Gasteiger partial charge in [0.05, 0.1) is 17.8 Å². The van der Waals surface area contributed by atoms with E-state index in [0.29, 0.717) is 23.7 Å². The van der Waals surface area contributed by atoms with Crippen molar-refractivity contribution in [1.29, 1.82) is 0 Å². The Morgan fingerprint density at radius 2 is 2.00 bits per heavy atom. The van der Waals surface area contributed by atoms with Gasteiger partial charge in [-0.2, -0.15) is 0 Å². The fourth-order valence-electron chi connectivity index (χ4n) is 3.02. The summed E-state index contributed by atoms with van der Waals surface area (Å²) in [5.74, 6) is 0.457. The summed E-state index contributed by atoms with van der Waals surface area (Å²) in [7, 11) is 0. The molecule has 3 rings (SSSR count). The van der Waals surface area contributed by atoms with Crippen LogP contribution in [0.3, 0.4) is 0 Å². The van der Waals surface area contributed by atoms with Gasteiger partial charge in [0.15, 0.2) is 6.61 Å². The van der Waals surface area contributed by atoms with E-state index in [1.54, 1.807) is 30.0 Å². The first kappa shape index (κ1) is 18.7. The third kappa shape index (κ3) is 4.20. The lowest BCUT2D eigenvalue weighted by Crippen LogP contribution is -2.40. The van der Waals surface area contributed by atoms with Crippen molar-refractivity contribution in [3.05, 3.63) is 54.1 Å². The maximum absolute atomic E-state index is 12.3. The van der Waals surface area contributed by atoms with Crippen LogP contribution in [0.5, 0.6) is 5.75 Å². The first-order chi connectivity index (χ1) is 13.0. The van der Waals surface area contributed by atoms with E-state index in [2.05, 4.69) is 10.6 Å². The number of nitrogens with one attached hydrogen (secondary N) is 2. The van der Waals surface area contributed by atoms with Crippen LogP contribution in [0, 0.1) is 0 Å². The second-order valence-electron chi connectivity index (χ2n) is 6.35. The Bertz CT molecular complexity index is 825. The third-order valence-electron chi connectivity index (χ3n) is 4.45. The van der Waals surface area contributed by atoms with Crippen molar-refractivity contribution in [2.75, 3.05) is 23.4 Å². The predicted molar refractivity (Wildman–Crippen MR) is 103 cm³/mol. The van der Waals surface area contributed by atoms with Gasteiger partial charge in [0.2, 0.25) is 0 Å². The summed E-state index contributed by atoms with van der Waals surface area (Å²) in [4.78, 5) is 25.8. The lowest BCUT2D eigenvalue weighted by molar-refractivity contribution is -0.121. The number of anilines is 2. The maximum atomic E-state index is 12.3. The molecule has 0 bridgehead atoms. The number of likely N-dealkylation sites (N-methyl/N-ethyl adjacent to an activating group) is 1. The maximum Gasteiger partial charge on any atom is 0.319 e. The van der Waals surface area contributed by atoms with Gasteiger partial charge in [-0.15, -0.1) is 0 Å². The lowest BCUT2D eigenvalue weighted by atomic mass is 10.0. The first-order valence-electron chi connectivity index (χ1n) is 8.87. The molecule has 27 heavy (non-hydrogen) atoms. The number of benzene rings is 2. The molecule has 0 fully saturated rings. The van der Waals surface area contributed by atoms with Gasteiger partial charge in [0.25, 0.3) is 5.91 Å². The molecule has 1 aliphatic heterocycles. The molecule has 1 aliphatic rings. The van der Waals surface area contributed by atoms with Crippen LogP contribution in [0.15, 0.2) is 48.5 Å². The Labute approximate surface area is 157 Å². The van der Waals surface area contributed by atoms with Crippen LogP contribution in [0.25, 0.3) is 0 Å². The highest BCUT2D eigenvalue weighted by Crippen LogP contribution is 2.34. The minimum absolute atomic E-state index is 0.0171. The van der Waals surface area contributed by atoms with E-state index in [1.165, 1.54) is 0 Å². The van der Waals surface area contributed by atoms with Crippen LogP contribution in [0.1, 0.15) is 25.5 Å². The molecule has 0 spiro atoms. The third-order valence-corrected chi connectivity index (χ3v) is 4.45. The molecular formula is C20H23N3O4. The summed E-state index contributed by atoms with van der Waals surface area (Å²) in [6.07, 6.45) is -0.812. The highest BCUT2D eigenvalue weighted by Gasteiger charge is 2.24. The zero-order valence-corrected chi connectivity index (χ0v) is 15.3. The van der Waals surface area contributed by atoms with Gasteiger partial charge in [-0.1, -0.05) is 30.3 Å². The van der Waals surface area contributed by atoms with E-state index in [1.807, 2.05) is 37.3 Å². The summed E-state index contributed by atoms with van der Waals surface area (Å²) < 4.78 is 5.46. The Morgan fingerprint density at radius 3 is 2.70 bits per heavy atom. The number of fused-ring (bicyclic) bond motifs is 1. The molecule has 7 heteroatoms. The molecule has 142 valence electrons. The van der Waals surface area contributed by atoms with Crippen LogP contribution in [-0.2, 0) is 4.79 Å². The Kier molecular flexibility index (Phi) is 5.61. The second-order valence-corrected chi connectivity index (χ2v) is 6.35. The van der Waals surface area contributed by atoms with Crippen molar-refractivity contribution in [1.82, 2.24) is 5.32 Å². The van der Waals surface area contributed by atoms with Gasteiger partial charge in [-0.3, -0.25) is 4.79 Å². The van der Waals surface area contributed by atoms with Crippen LogP contribution in [0.4, 0.5) is 16.2 Å². The van der Waals surface area contributed by atoms with Gasteiger partial charge in [0.1, 0.15) is 5.75 Å². The smallest absolute Gasteiger partial charge is 0.319 e. The molecule has 2 aromatic carbocycles. The van der Waals surface area contributed by atoms with E-state index in [0.717, 1.165) is 5.56 Å². The van der Waals surface area contributed by atoms with Crippen LogP contribution in [0.2, 0.25) is 0 Å². The standard InChI is InChI=1S/C20H23N3O4/c1-3-23-16-10-9-15(11-17(16)27-12-18(23)24)22-20(26)21-13(2)19(25)14-7-5-4-6-8-14/h4-11,13,19,25H,3,12H2,1-2H3,(H2,21,22,26)/t13-,19-/m0/s1. The summed E-state index contributed by atoms with van der Waals surface area (Å²) in [5.41, 5.74) is 1.96. The molecule has 7 nitrogen and oxygen atoms in total. The number of carbonyl (C=O) groups is 2. The molecule has 0 unspecified atom stereocenters. The fraction of sp³-hybridized carbons (Fsp3) is 0.300. The molecule has 0 aliphatic carbocycles. The minimum atomic E-state index is -0.812. The number of ether oxygens (including phenoxy) is 1. The zero-order valence-electron chi connectivity index (χ0n) is 15.3. The van der Waals surface area contributed by atoms with Gasteiger partial charge >= 0.3 is 6.03 Å². The van der Waals surface area contributed by atoms with Crippen molar-refractivity contribution in [3.8, 4) is 5.75 Å². The van der Waals surface area contributed by atoms with Crippen molar-refractivity contribution < 1.29 is 19.4 Å². The van der Waals surface area contributed by atoms with Gasteiger partial charge in [0, 0.05) is 18.3 Å². The lowest BCUT2D eigenvalue weighted by Gasteiger charge is -2.28. The number of hydrogen-bond donors (Lipinski definition) is 3. The summed E-state index contributed by atoms with van der Waals surface area (Å²) >= 11 is 0. The van der Waals surface area contributed by atoms with Crippen molar-refractivity contribution >= 4 is 23.3 Å². The largest absolute Gasteiger partial charge is 0.481 e. The number of amides is 3. The molecule has 2 aromatic rings. The number of aliphatic hydroxyl groups is 1. The molecule has 2 atom stereocenters. The van der Waals surface area contributed by atoms with Crippen molar-refractivity contribution in [3.63, 3.8) is 0 Å². The Morgan fingerprint density at radius 1 is 1.26 bits per heavy atom. The monoisotopic (exact) mass is 369 g/mol. The molecule has 3 N–H and O–H groups in total. The van der Waals surface area contributed by atoms with E-state index in [-0.39, 0.29) is 12.5 Å². The number of carbonyl (C=O) groups excluding carboxylic acids is 2. The number of nitrogens with zero attached hydrogens (tertiary/aromatic N) is 1. The summed E-state index contributed by atoms with van der Waals surface area (Å²) in [6, 6.07) is 13.4. The normalized spacial score (nSPS) is 15.4. The minimum Gasteiger partial charge on any atom is -0.481 e. The number of urea groups is 1. The average Bonchev–Trinajstić information content (AvgIpc) is 2.68. The molecular weight excluding hydrogens is 346 g/mol. The molecule has 0 aromatic heterocycles. The van der Waals surface area contributed by atoms with Crippen molar-refractivity contribution in [2.45, 2.75) is 26.0 Å².